The molecule has 112 valence electrons. The Balaban J connectivity index is 2.68. The highest BCUT2D eigenvalue weighted by Gasteiger charge is 2.24. The van der Waals surface area contributed by atoms with Crippen LogP contribution in [0.3, 0.4) is 0 Å². The zero-order valence-corrected chi connectivity index (χ0v) is 13.8. The monoisotopic (exact) mass is 337 g/mol. The Morgan fingerprint density at radius 2 is 1.90 bits per heavy atom. The van der Waals surface area contributed by atoms with Crippen LogP contribution in [0.15, 0.2) is 18.2 Å². The van der Waals surface area contributed by atoms with E-state index in [1.165, 1.54) is 6.92 Å². The molecule has 0 unspecified atom stereocenters. The van der Waals surface area contributed by atoms with Crippen LogP contribution in [-0.4, -0.2) is 31.9 Å². The van der Waals surface area contributed by atoms with Gasteiger partial charge in [0.1, 0.15) is 5.25 Å². The lowest BCUT2D eigenvalue weighted by molar-refractivity contribution is -0.121. The van der Waals surface area contributed by atoms with Crippen molar-refractivity contribution < 1.29 is 13.2 Å². The van der Waals surface area contributed by atoms with Crippen LogP contribution in [0.1, 0.15) is 19.4 Å². The van der Waals surface area contributed by atoms with Crippen molar-refractivity contribution in [2.75, 3.05) is 6.26 Å². The summed E-state index contributed by atoms with van der Waals surface area (Å²) >= 11 is 11.9. The highest BCUT2D eigenvalue weighted by Crippen LogP contribution is 2.22. The normalized spacial score (nSPS) is 14.7. The van der Waals surface area contributed by atoms with E-state index in [9.17, 15) is 13.2 Å². The van der Waals surface area contributed by atoms with Gasteiger partial charge >= 0.3 is 0 Å². The summed E-state index contributed by atoms with van der Waals surface area (Å²) < 4.78 is 22.6. The Morgan fingerprint density at radius 3 is 2.40 bits per heavy atom. The highest BCUT2D eigenvalue weighted by atomic mass is 35.5. The molecule has 1 rings (SSSR count). The lowest BCUT2D eigenvalue weighted by Gasteiger charge is -2.17. The van der Waals surface area contributed by atoms with E-state index in [0.717, 1.165) is 11.8 Å². The molecule has 2 atom stereocenters. The summed E-state index contributed by atoms with van der Waals surface area (Å²) in [5.74, 6) is -0.509. The third kappa shape index (κ3) is 4.96. The van der Waals surface area contributed by atoms with Crippen LogP contribution in [0, 0.1) is 0 Å². The number of rotatable bonds is 5. The third-order valence-electron chi connectivity index (χ3n) is 2.94. The molecule has 0 fully saturated rings. The molecular formula is C13H17Cl2NO3S. The van der Waals surface area contributed by atoms with Gasteiger partial charge in [-0.1, -0.05) is 29.3 Å². The number of benzene rings is 1. The fraction of sp³-hybridized carbons (Fsp3) is 0.462. The Bertz CT molecular complexity index is 602. The number of nitrogens with one attached hydrogen (secondary N) is 1. The minimum Gasteiger partial charge on any atom is -0.352 e. The predicted molar refractivity (Wildman–Crippen MR) is 82.1 cm³/mol. The van der Waals surface area contributed by atoms with Gasteiger partial charge in [0.2, 0.25) is 5.91 Å². The van der Waals surface area contributed by atoms with Crippen molar-refractivity contribution in [1.82, 2.24) is 5.32 Å². The largest absolute Gasteiger partial charge is 0.352 e. The summed E-state index contributed by atoms with van der Waals surface area (Å²) in [6, 6.07) is 4.90. The third-order valence-corrected chi connectivity index (χ3v) is 5.03. The van der Waals surface area contributed by atoms with Gasteiger partial charge in [-0.15, -0.1) is 0 Å². The van der Waals surface area contributed by atoms with Gasteiger partial charge in [-0.05, 0) is 38.0 Å². The second-order valence-corrected chi connectivity index (χ2v) is 8.03. The molecule has 1 amide bonds. The topological polar surface area (TPSA) is 63.2 Å². The molecule has 0 heterocycles. The van der Waals surface area contributed by atoms with Gasteiger partial charge in [0.05, 0.1) is 0 Å². The number of carbonyl (C=O) groups is 1. The average Bonchev–Trinajstić information content (AvgIpc) is 2.30. The summed E-state index contributed by atoms with van der Waals surface area (Å²) in [6.45, 7) is 3.16. The Morgan fingerprint density at radius 1 is 1.30 bits per heavy atom. The molecule has 0 bridgehead atoms. The zero-order valence-electron chi connectivity index (χ0n) is 11.5. The number of hydrogen-bond acceptors (Lipinski definition) is 3. The number of sulfone groups is 1. The van der Waals surface area contributed by atoms with Crippen LogP contribution in [0.2, 0.25) is 10.0 Å². The minimum atomic E-state index is -3.39. The maximum atomic E-state index is 11.8. The first kappa shape index (κ1) is 17.3. The van der Waals surface area contributed by atoms with Gasteiger partial charge in [-0.2, -0.15) is 0 Å². The van der Waals surface area contributed by atoms with Crippen LogP contribution < -0.4 is 5.32 Å². The standard InChI is InChI=1S/C13H17Cl2NO3S/c1-8(16-13(17)9(2)20(3,18)19)6-10-4-5-11(14)7-12(10)15/h4-5,7-9H,6H2,1-3H3,(H,16,17)/t8-,9+/m0/s1. The summed E-state index contributed by atoms with van der Waals surface area (Å²) in [7, 11) is -3.39. The second kappa shape index (κ2) is 6.78. The highest BCUT2D eigenvalue weighted by molar-refractivity contribution is 7.92. The first-order chi connectivity index (χ1) is 9.11. The summed E-state index contributed by atoms with van der Waals surface area (Å²) in [6.07, 6.45) is 1.54. The van der Waals surface area contributed by atoms with E-state index in [-0.39, 0.29) is 6.04 Å². The van der Waals surface area contributed by atoms with Gasteiger partial charge in [-0.25, -0.2) is 8.42 Å². The molecule has 4 nitrogen and oxygen atoms in total. The molecule has 0 aliphatic rings. The lowest BCUT2D eigenvalue weighted by Crippen LogP contribution is -2.42. The molecule has 20 heavy (non-hydrogen) atoms. The summed E-state index contributed by atoms with van der Waals surface area (Å²) in [4.78, 5) is 11.8. The molecule has 0 aliphatic heterocycles. The Labute approximate surface area is 129 Å². The van der Waals surface area contributed by atoms with Crippen LogP contribution in [0.5, 0.6) is 0 Å². The summed E-state index contributed by atoms with van der Waals surface area (Å²) in [5, 5.41) is 2.67. The number of halogens is 2. The van der Waals surface area contributed by atoms with Crippen LogP contribution in [0.25, 0.3) is 0 Å². The van der Waals surface area contributed by atoms with E-state index < -0.39 is 21.0 Å². The van der Waals surface area contributed by atoms with Crippen LogP contribution >= 0.6 is 23.2 Å². The molecular weight excluding hydrogens is 321 g/mol. The average molecular weight is 338 g/mol. The van der Waals surface area contributed by atoms with Crippen LogP contribution in [0.4, 0.5) is 0 Å². The minimum absolute atomic E-state index is 0.231. The fourth-order valence-corrected chi connectivity index (χ4v) is 2.57. The van der Waals surface area contributed by atoms with E-state index in [2.05, 4.69) is 5.32 Å². The second-order valence-electron chi connectivity index (χ2n) is 4.82. The molecule has 0 saturated carbocycles. The maximum absolute atomic E-state index is 11.8. The van der Waals surface area contributed by atoms with Gasteiger partial charge in [0.15, 0.2) is 9.84 Å². The van der Waals surface area contributed by atoms with E-state index in [1.54, 1.807) is 25.1 Å². The maximum Gasteiger partial charge on any atom is 0.238 e. The number of carbonyl (C=O) groups excluding carboxylic acids is 1. The quantitative estimate of drug-likeness (QED) is 0.897. The summed E-state index contributed by atoms with van der Waals surface area (Å²) in [5.41, 5.74) is 0.843. The fourth-order valence-electron chi connectivity index (χ4n) is 1.62. The van der Waals surface area contributed by atoms with E-state index in [0.29, 0.717) is 16.5 Å². The first-order valence-corrected chi connectivity index (χ1v) is 8.75. The number of amides is 1. The molecule has 0 aromatic heterocycles. The Hall–Kier alpha value is -0.780. The van der Waals surface area contributed by atoms with Crippen molar-refractivity contribution in [3.63, 3.8) is 0 Å². The molecule has 0 radical (unpaired) electrons. The lowest BCUT2D eigenvalue weighted by atomic mass is 10.1. The molecule has 1 N–H and O–H groups in total. The van der Waals surface area contributed by atoms with Crippen LogP contribution in [-0.2, 0) is 21.1 Å². The Kier molecular flexibility index (Phi) is 5.86. The van der Waals surface area contributed by atoms with Gasteiger partial charge in [-0.3, -0.25) is 4.79 Å². The SMILES string of the molecule is C[C@H](C(=O)N[C@@H](C)Cc1ccc(Cl)cc1Cl)S(C)(=O)=O. The van der Waals surface area contributed by atoms with E-state index >= 15 is 0 Å². The van der Waals surface area contributed by atoms with Crippen molar-refractivity contribution in [2.24, 2.45) is 0 Å². The van der Waals surface area contributed by atoms with Crippen molar-refractivity contribution in [1.29, 1.82) is 0 Å². The van der Waals surface area contributed by atoms with Crippen molar-refractivity contribution >= 4 is 38.9 Å². The van der Waals surface area contributed by atoms with Gasteiger partial charge in [0.25, 0.3) is 0 Å². The van der Waals surface area contributed by atoms with Gasteiger partial charge < -0.3 is 5.32 Å². The van der Waals surface area contributed by atoms with Crippen molar-refractivity contribution in [3.05, 3.63) is 33.8 Å². The van der Waals surface area contributed by atoms with Gasteiger partial charge in [0, 0.05) is 22.3 Å². The molecule has 0 spiro atoms. The van der Waals surface area contributed by atoms with E-state index in [1.807, 2.05) is 0 Å². The first-order valence-electron chi connectivity index (χ1n) is 6.04. The smallest absolute Gasteiger partial charge is 0.238 e. The zero-order chi connectivity index (χ0) is 15.5. The van der Waals surface area contributed by atoms with Crippen molar-refractivity contribution in [3.8, 4) is 0 Å². The molecule has 0 saturated heterocycles. The van der Waals surface area contributed by atoms with E-state index in [4.69, 9.17) is 23.2 Å². The number of hydrogen-bond donors (Lipinski definition) is 1. The predicted octanol–water partition coefficient (Wildman–Crippen LogP) is 2.47. The van der Waals surface area contributed by atoms with Crippen molar-refractivity contribution in [2.45, 2.75) is 31.6 Å². The molecule has 1 aromatic rings. The molecule has 0 aliphatic carbocycles. The molecule has 7 heteroatoms. The molecule has 1 aromatic carbocycles.